The minimum Gasteiger partial charge on any atom is -0.379 e. The Bertz CT molecular complexity index is 67.9. The van der Waals surface area contributed by atoms with Gasteiger partial charge in [0.1, 0.15) is 4.99 Å². The van der Waals surface area contributed by atoms with E-state index in [9.17, 15) is 0 Å². The second-order valence-electron chi connectivity index (χ2n) is 0.756. The molecule has 0 aliphatic rings. The molecule has 1 nitrogen and oxygen atoms in total. The van der Waals surface area contributed by atoms with E-state index in [1.807, 2.05) is 0 Å². The van der Waals surface area contributed by atoms with Gasteiger partial charge in [-0.2, -0.15) is 0 Å². The van der Waals surface area contributed by atoms with Crippen molar-refractivity contribution in [3.05, 3.63) is 12.7 Å². The highest BCUT2D eigenvalue weighted by Crippen LogP contribution is 1.63. The lowest BCUT2D eigenvalue weighted by molar-refractivity contribution is 1.21. The third kappa shape index (κ3) is 1.91. The van der Waals surface area contributed by atoms with Gasteiger partial charge in [-0.05, 0) is 0 Å². The Morgan fingerprint density at radius 1 is 2.00 bits per heavy atom. The Labute approximate surface area is 43.1 Å². The molecule has 1 N–H and O–H groups in total. The van der Waals surface area contributed by atoms with Crippen molar-refractivity contribution in [2.45, 2.75) is 0 Å². The summed E-state index contributed by atoms with van der Waals surface area (Å²) >= 11 is 4.57. The molecule has 0 aromatic heterocycles. The number of likely N-dealkylation sites (N-methyl/N-ethyl adjacent to an activating group) is 1. The molecule has 0 unspecified atom stereocenters. The van der Waals surface area contributed by atoms with Crippen molar-refractivity contribution in [1.82, 2.24) is 5.32 Å². The molecular weight excluding hydrogens is 94.1 g/mol. The van der Waals surface area contributed by atoms with E-state index in [4.69, 9.17) is 0 Å². The predicted molar refractivity (Wildman–Crippen MR) is 30.5 cm³/mol. The summed E-state index contributed by atoms with van der Waals surface area (Å²) in [5, 5.41) is 2.67. The molecular formula is C4H6NS. The van der Waals surface area contributed by atoms with Gasteiger partial charge < -0.3 is 5.32 Å². The van der Waals surface area contributed by atoms with Crippen LogP contribution in [0.4, 0.5) is 0 Å². The van der Waals surface area contributed by atoms with Crippen LogP contribution in [0.5, 0.6) is 0 Å². The zero-order valence-electron chi connectivity index (χ0n) is 3.62. The molecule has 33 valence electrons. The summed E-state index contributed by atoms with van der Waals surface area (Å²) in [6, 6.07) is 0. The fraction of sp³-hybridized carbons (Fsp3) is 0.250. The van der Waals surface area contributed by atoms with Crippen LogP contribution < -0.4 is 5.32 Å². The van der Waals surface area contributed by atoms with Crippen molar-refractivity contribution in [3.63, 3.8) is 0 Å². The maximum Gasteiger partial charge on any atom is 0.106 e. The van der Waals surface area contributed by atoms with Gasteiger partial charge in [-0.1, -0.05) is 18.8 Å². The summed E-state index contributed by atoms with van der Waals surface area (Å²) in [6.45, 7) is 3.30. The van der Waals surface area contributed by atoms with Crippen LogP contribution in [0.2, 0.25) is 0 Å². The van der Waals surface area contributed by atoms with Crippen molar-refractivity contribution < 1.29 is 0 Å². The van der Waals surface area contributed by atoms with Crippen LogP contribution in [0.25, 0.3) is 0 Å². The van der Waals surface area contributed by atoms with Crippen LogP contribution in [-0.2, 0) is 0 Å². The Morgan fingerprint density at radius 3 is 2.50 bits per heavy atom. The molecule has 1 radical (unpaired) electrons. The van der Waals surface area contributed by atoms with Crippen LogP contribution >= 0.6 is 12.2 Å². The first-order chi connectivity index (χ1) is 2.81. The second-order valence-corrected chi connectivity index (χ2v) is 1.16. The molecule has 0 aromatic rings. The highest BCUT2D eigenvalue weighted by atomic mass is 32.1. The maximum absolute atomic E-state index is 4.57. The number of hydrogen-bond donors (Lipinski definition) is 1. The summed E-state index contributed by atoms with van der Waals surface area (Å²) in [5.41, 5.74) is 0. The molecule has 0 aliphatic heterocycles. The van der Waals surface area contributed by atoms with Gasteiger partial charge in [0.15, 0.2) is 0 Å². The fourth-order valence-corrected chi connectivity index (χ4v) is 0.0884. The Kier molecular flexibility index (Phi) is 2.67. The first-order valence-corrected chi connectivity index (χ1v) is 1.97. The Balaban J connectivity index is 3.23. The summed E-state index contributed by atoms with van der Waals surface area (Å²) in [5.74, 6) is 0. The van der Waals surface area contributed by atoms with Gasteiger partial charge in [0, 0.05) is 13.1 Å². The third-order valence-corrected chi connectivity index (χ3v) is 0.736. The van der Waals surface area contributed by atoms with Gasteiger partial charge in [0.25, 0.3) is 0 Å². The third-order valence-electron chi connectivity index (χ3n) is 0.388. The first-order valence-electron chi connectivity index (χ1n) is 1.56. The number of hydrogen-bond acceptors (Lipinski definition) is 1. The topological polar surface area (TPSA) is 12.0 Å². The molecule has 0 rings (SSSR count). The van der Waals surface area contributed by atoms with Crippen molar-refractivity contribution >= 4 is 17.2 Å². The quantitative estimate of drug-likeness (QED) is 0.381. The molecule has 0 saturated carbocycles. The molecule has 2 heteroatoms. The highest BCUT2D eigenvalue weighted by molar-refractivity contribution is 7.80. The summed E-state index contributed by atoms with van der Waals surface area (Å²) in [7, 11) is 1.74. The SMILES string of the molecule is C=[C]C(=S)NC. The van der Waals surface area contributed by atoms with E-state index < -0.39 is 0 Å². The molecule has 0 aliphatic carbocycles. The van der Waals surface area contributed by atoms with Crippen molar-refractivity contribution in [2.24, 2.45) is 0 Å². The van der Waals surface area contributed by atoms with Gasteiger partial charge in [-0.15, -0.1) is 0 Å². The maximum atomic E-state index is 4.57. The van der Waals surface area contributed by atoms with E-state index in [0.717, 1.165) is 0 Å². The monoisotopic (exact) mass is 100 g/mol. The van der Waals surface area contributed by atoms with E-state index in [0.29, 0.717) is 4.99 Å². The average molecular weight is 100 g/mol. The molecule has 0 bridgehead atoms. The molecule has 0 spiro atoms. The van der Waals surface area contributed by atoms with Crippen molar-refractivity contribution in [1.29, 1.82) is 0 Å². The van der Waals surface area contributed by atoms with Gasteiger partial charge in [0.05, 0.1) is 0 Å². The highest BCUT2D eigenvalue weighted by Gasteiger charge is 1.73. The lowest BCUT2D eigenvalue weighted by Crippen LogP contribution is -2.11. The molecule has 0 heterocycles. The van der Waals surface area contributed by atoms with Gasteiger partial charge in [-0.3, -0.25) is 0 Å². The van der Waals surface area contributed by atoms with E-state index in [1.54, 1.807) is 7.05 Å². The number of thiocarbonyl (C=S) groups is 1. The molecule has 6 heavy (non-hydrogen) atoms. The minimum absolute atomic E-state index is 0.565. The van der Waals surface area contributed by atoms with Gasteiger partial charge in [-0.25, -0.2) is 0 Å². The summed E-state index contributed by atoms with van der Waals surface area (Å²) in [6.07, 6.45) is 2.48. The average Bonchev–Trinajstić information content (AvgIpc) is 1.65. The van der Waals surface area contributed by atoms with E-state index in [2.05, 4.69) is 30.2 Å². The van der Waals surface area contributed by atoms with Crippen LogP contribution in [0.15, 0.2) is 6.58 Å². The van der Waals surface area contributed by atoms with E-state index >= 15 is 0 Å². The standard InChI is InChI=1S/C4H6NS/c1-3-4(6)5-2/h1H2,2H3,(H,5,6). The van der Waals surface area contributed by atoms with Crippen LogP contribution in [0.3, 0.4) is 0 Å². The first kappa shape index (κ1) is 5.63. The fourth-order valence-electron chi connectivity index (χ4n) is 0.0884. The lowest BCUT2D eigenvalue weighted by Gasteiger charge is -1.86. The van der Waals surface area contributed by atoms with E-state index in [-0.39, 0.29) is 0 Å². The molecule has 0 saturated heterocycles. The number of nitrogens with one attached hydrogen (secondary N) is 1. The largest absolute Gasteiger partial charge is 0.379 e. The zero-order valence-corrected chi connectivity index (χ0v) is 4.43. The van der Waals surface area contributed by atoms with Crippen molar-refractivity contribution in [3.8, 4) is 0 Å². The summed E-state index contributed by atoms with van der Waals surface area (Å²) < 4.78 is 0. The predicted octanol–water partition coefficient (Wildman–Crippen LogP) is 0.522. The van der Waals surface area contributed by atoms with Gasteiger partial charge >= 0.3 is 0 Å². The van der Waals surface area contributed by atoms with Crippen LogP contribution in [0.1, 0.15) is 0 Å². The minimum atomic E-state index is 0.565. The normalized spacial score (nSPS) is 6.83. The zero-order chi connectivity index (χ0) is 4.99. The van der Waals surface area contributed by atoms with Gasteiger partial charge in [0.2, 0.25) is 0 Å². The van der Waals surface area contributed by atoms with Crippen molar-refractivity contribution in [2.75, 3.05) is 7.05 Å². The molecule has 0 fully saturated rings. The summed E-state index contributed by atoms with van der Waals surface area (Å²) in [4.78, 5) is 0.565. The number of rotatable bonds is 1. The van der Waals surface area contributed by atoms with Crippen LogP contribution in [-0.4, -0.2) is 12.0 Å². The molecule has 0 atom stereocenters. The van der Waals surface area contributed by atoms with E-state index in [1.165, 1.54) is 0 Å². The lowest BCUT2D eigenvalue weighted by atomic mass is 10.6. The Hall–Kier alpha value is -0.370. The molecule has 0 amide bonds. The second kappa shape index (κ2) is 2.85. The smallest absolute Gasteiger partial charge is 0.106 e. The Morgan fingerprint density at radius 2 is 2.50 bits per heavy atom. The molecule has 0 aromatic carbocycles. The van der Waals surface area contributed by atoms with Crippen LogP contribution in [0, 0.1) is 6.08 Å².